The van der Waals surface area contributed by atoms with E-state index in [1.807, 2.05) is 13.0 Å². The summed E-state index contributed by atoms with van der Waals surface area (Å²) in [5, 5.41) is 9.23. The van der Waals surface area contributed by atoms with Crippen LogP contribution in [0.15, 0.2) is 40.3 Å². The van der Waals surface area contributed by atoms with E-state index >= 15 is 0 Å². The van der Waals surface area contributed by atoms with Gasteiger partial charge >= 0.3 is 17.8 Å². The lowest BCUT2D eigenvalue weighted by Gasteiger charge is -2.27. The number of nitrogens with zero attached hydrogens (tertiary/aromatic N) is 6. The lowest BCUT2D eigenvalue weighted by molar-refractivity contribution is 0.121. The SMILES string of the molecule is CCCS(=N)(=O)c1nc(N)c2c(n1)n(Cc1ccccc1)c(=O)n2C(=O)N(C)CCN(C(=O)O)C(C)CC. The first-order chi connectivity index (χ1) is 17.9. The summed E-state index contributed by atoms with van der Waals surface area (Å²) in [7, 11) is -1.92. The molecule has 0 radical (unpaired) electrons. The number of likely N-dealkylation sites (N-methyl/N-ethyl adjacent to an activating group) is 1. The van der Waals surface area contributed by atoms with E-state index in [1.54, 1.807) is 38.1 Å². The van der Waals surface area contributed by atoms with E-state index in [2.05, 4.69) is 9.97 Å². The van der Waals surface area contributed by atoms with Crippen LogP contribution in [0, 0.1) is 4.78 Å². The van der Waals surface area contributed by atoms with Crippen molar-refractivity contribution in [2.24, 2.45) is 0 Å². The number of carbonyl (C=O) groups excluding carboxylic acids is 1. The first-order valence-corrected chi connectivity index (χ1v) is 14.0. The fourth-order valence-corrected chi connectivity index (χ4v) is 5.25. The molecule has 0 spiro atoms. The Balaban J connectivity index is 2.12. The molecule has 4 N–H and O–H groups in total. The van der Waals surface area contributed by atoms with Gasteiger partial charge < -0.3 is 20.6 Å². The second-order valence-electron chi connectivity index (χ2n) is 9.07. The van der Waals surface area contributed by atoms with Crippen molar-refractivity contribution in [1.82, 2.24) is 28.9 Å². The molecule has 2 atom stereocenters. The Labute approximate surface area is 220 Å². The minimum atomic E-state index is -3.37. The lowest BCUT2D eigenvalue weighted by atomic mass is 10.2. The van der Waals surface area contributed by atoms with Crippen LogP contribution in [0.4, 0.5) is 15.4 Å². The van der Waals surface area contributed by atoms with Gasteiger partial charge in [-0.15, -0.1) is 0 Å². The molecule has 0 saturated heterocycles. The third-order valence-electron chi connectivity index (χ3n) is 6.31. The number of carboxylic acid groups (broad SMARTS) is 1. The van der Waals surface area contributed by atoms with E-state index in [-0.39, 0.29) is 53.6 Å². The maximum absolute atomic E-state index is 13.6. The van der Waals surface area contributed by atoms with Gasteiger partial charge in [-0.2, -0.15) is 4.98 Å². The van der Waals surface area contributed by atoms with Gasteiger partial charge in [-0.05, 0) is 25.3 Å². The fraction of sp³-hybridized carbons (Fsp3) is 0.458. The molecule has 1 aromatic carbocycles. The minimum Gasteiger partial charge on any atom is -0.465 e. The average Bonchev–Trinajstić information content (AvgIpc) is 3.15. The molecule has 2 amide bonds. The Hall–Kier alpha value is -3.94. The van der Waals surface area contributed by atoms with E-state index < -0.39 is 27.5 Å². The number of nitrogens with two attached hydrogens (primary N) is 1. The molecule has 0 fully saturated rings. The highest BCUT2D eigenvalue weighted by Crippen LogP contribution is 2.22. The molecule has 13 nitrogen and oxygen atoms in total. The maximum atomic E-state index is 13.6. The van der Waals surface area contributed by atoms with Crippen molar-refractivity contribution < 1.29 is 18.9 Å². The zero-order chi connectivity index (χ0) is 28.2. The van der Waals surface area contributed by atoms with E-state index in [1.165, 1.54) is 21.4 Å². The van der Waals surface area contributed by atoms with E-state index in [0.717, 1.165) is 10.1 Å². The third-order valence-corrected chi connectivity index (χ3v) is 8.06. The van der Waals surface area contributed by atoms with Crippen molar-refractivity contribution in [2.75, 3.05) is 31.6 Å². The summed E-state index contributed by atoms with van der Waals surface area (Å²) in [6, 6.07) is 8.03. The van der Waals surface area contributed by atoms with Crippen LogP contribution in [0.5, 0.6) is 0 Å². The monoisotopic (exact) mass is 546 g/mol. The number of fused-ring (bicyclic) bond motifs is 1. The van der Waals surface area contributed by atoms with Crippen LogP contribution in [0.25, 0.3) is 11.2 Å². The van der Waals surface area contributed by atoms with Gasteiger partial charge in [-0.25, -0.2) is 32.9 Å². The molecule has 0 bridgehead atoms. The summed E-state index contributed by atoms with van der Waals surface area (Å²) >= 11 is 0. The molecule has 206 valence electrons. The van der Waals surface area contributed by atoms with Gasteiger partial charge in [0.05, 0.1) is 6.54 Å². The first kappa shape index (κ1) is 28.6. The molecule has 14 heteroatoms. The quantitative estimate of drug-likeness (QED) is 0.324. The summed E-state index contributed by atoms with van der Waals surface area (Å²) in [6.07, 6.45) is -0.0495. The molecule has 0 aliphatic heterocycles. The van der Waals surface area contributed by atoms with E-state index in [4.69, 9.17) is 10.5 Å². The van der Waals surface area contributed by atoms with Crippen LogP contribution in [0.2, 0.25) is 0 Å². The molecule has 0 aliphatic rings. The summed E-state index contributed by atoms with van der Waals surface area (Å²) in [5.41, 5.74) is 6.14. The molecular weight excluding hydrogens is 512 g/mol. The van der Waals surface area contributed by atoms with E-state index in [9.17, 15) is 23.7 Å². The summed E-state index contributed by atoms with van der Waals surface area (Å²) in [6.45, 7) is 5.52. The van der Waals surface area contributed by atoms with Crippen LogP contribution < -0.4 is 11.4 Å². The zero-order valence-corrected chi connectivity index (χ0v) is 22.8. The second-order valence-corrected chi connectivity index (χ2v) is 11.2. The number of anilines is 1. The fourth-order valence-electron chi connectivity index (χ4n) is 4.01. The predicted octanol–water partition coefficient (Wildman–Crippen LogP) is 2.72. The van der Waals surface area contributed by atoms with Gasteiger partial charge in [0.15, 0.2) is 11.5 Å². The molecule has 2 unspecified atom stereocenters. The van der Waals surface area contributed by atoms with Crippen molar-refractivity contribution in [3.8, 4) is 0 Å². The highest BCUT2D eigenvalue weighted by molar-refractivity contribution is 7.92. The number of amides is 2. The van der Waals surface area contributed by atoms with Crippen LogP contribution in [0.3, 0.4) is 0 Å². The van der Waals surface area contributed by atoms with Crippen molar-refractivity contribution in [1.29, 1.82) is 4.78 Å². The standard InChI is InChI=1S/C24H34N8O5S/c1-5-14-38(26,37)21-27-19(25)18-20(28-21)31(15-17-10-8-7-9-11-17)23(34)32(18)22(33)29(4)12-13-30(24(35)36)16(3)6-2/h7-11,16,26H,5-6,12-15H2,1-4H3,(H,35,36)(H2,25,27,28). The molecule has 0 aliphatic carbocycles. The van der Waals surface area contributed by atoms with Gasteiger partial charge in [0.2, 0.25) is 5.16 Å². The zero-order valence-electron chi connectivity index (χ0n) is 22.0. The molecule has 2 heterocycles. The molecule has 38 heavy (non-hydrogen) atoms. The second kappa shape index (κ2) is 11.6. The first-order valence-electron chi connectivity index (χ1n) is 12.3. The van der Waals surface area contributed by atoms with Gasteiger partial charge in [0.1, 0.15) is 15.2 Å². The third kappa shape index (κ3) is 5.79. The topological polar surface area (TPSA) is 180 Å². The van der Waals surface area contributed by atoms with Crippen molar-refractivity contribution in [3.05, 3.63) is 46.4 Å². The summed E-state index contributed by atoms with van der Waals surface area (Å²) in [4.78, 5) is 49.6. The van der Waals surface area contributed by atoms with Gasteiger partial charge in [-0.1, -0.05) is 44.2 Å². The van der Waals surface area contributed by atoms with Crippen molar-refractivity contribution >= 4 is 38.8 Å². The van der Waals surface area contributed by atoms with Crippen molar-refractivity contribution in [2.45, 2.75) is 51.4 Å². The number of nitrogens with one attached hydrogen (secondary N) is 1. The highest BCUT2D eigenvalue weighted by Gasteiger charge is 2.28. The van der Waals surface area contributed by atoms with Crippen LogP contribution >= 0.6 is 0 Å². The van der Waals surface area contributed by atoms with Crippen LogP contribution in [-0.4, -0.2) is 82.3 Å². The molecule has 2 aromatic heterocycles. The number of hydrogen-bond donors (Lipinski definition) is 3. The average molecular weight is 547 g/mol. The number of nitrogen functional groups attached to an aromatic ring is 1. The highest BCUT2D eigenvalue weighted by atomic mass is 32.2. The van der Waals surface area contributed by atoms with Crippen LogP contribution in [0.1, 0.15) is 39.2 Å². The predicted molar refractivity (Wildman–Crippen MR) is 144 cm³/mol. The Morgan fingerprint density at radius 1 is 1.18 bits per heavy atom. The summed E-state index contributed by atoms with van der Waals surface area (Å²) < 4.78 is 23.3. The smallest absolute Gasteiger partial charge is 0.407 e. The minimum absolute atomic E-state index is 0.00838. The van der Waals surface area contributed by atoms with Crippen molar-refractivity contribution in [3.63, 3.8) is 0 Å². The van der Waals surface area contributed by atoms with Gasteiger partial charge in [0, 0.05) is 31.9 Å². The van der Waals surface area contributed by atoms with E-state index in [0.29, 0.717) is 12.8 Å². The number of hydrogen-bond acceptors (Lipinski definition) is 8. The van der Waals surface area contributed by atoms with Gasteiger partial charge in [-0.3, -0.25) is 4.57 Å². The maximum Gasteiger partial charge on any atom is 0.407 e. The molecule has 0 saturated carbocycles. The number of imidazole rings is 1. The molecule has 3 rings (SSSR count). The lowest BCUT2D eigenvalue weighted by Crippen LogP contribution is -2.45. The molecular formula is C24H34N8O5S. The normalized spacial score (nSPS) is 13.7. The van der Waals surface area contributed by atoms with Gasteiger partial charge in [0.25, 0.3) is 0 Å². The Kier molecular flexibility index (Phi) is 8.76. The molecule has 3 aromatic rings. The number of aromatic nitrogens is 4. The van der Waals surface area contributed by atoms with Crippen LogP contribution in [-0.2, 0) is 16.3 Å². The summed E-state index contributed by atoms with van der Waals surface area (Å²) in [5.74, 6) is -0.238. The number of carbonyl (C=O) groups is 2. The number of benzene rings is 1. The largest absolute Gasteiger partial charge is 0.465 e. The Morgan fingerprint density at radius 3 is 2.42 bits per heavy atom. The number of rotatable bonds is 10. The Bertz CT molecular complexity index is 1480. The Morgan fingerprint density at radius 2 is 1.84 bits per heavy atom.